The zero-order chi connectivity index (χ0) is 18.8. The molecule has 3 aromatic rings. The normalized spacial score (nSPS) is 16.9. The van der Waals surface area contributed by atoms with Gasteiger partial charge in [0.15, 0.2) is 0 Å². The van der Waals surface area contributed by atoms with Crippen molar-refractivity contribution >= 4 is 16.8 Å². The van der Waals surface area contributed by atoms with Crippen LogP contribution in [0.4, 0.5) is 0 Å². The van der Waals surface area contributed by atoms with Crippen molar-refractivity contribution in [3.05, 3.63) is 77.0 Å². The van der Waals surface area contributed by atoms with Crippen LogP contribution in [0, 0.1) is 6.92 Å². The number of fused-ring (bicyclic) bond motifs is 2. The van der Waals surface area contributed by atoms with Crippen LogP contribution in [0.25, 0.3) is 10.9 Å². The minimum Gasteiger partial charge on any atom is -0.351 e. The van der Waals surface area contributed by atoms with Gasteiger partial charge in [-0.25, -0.2) is 0 Å². The van der Waals surface area contributed by atoms with Gasteiger partial charge >= 0.3 is 0 Å². The van der Waals surface area contributed by atoms with Gasteiger partial charge in [-0.05, 0) is 48.2 Å². The highest BCUT2D eigenvalue weighted by Gasteiger charge is 2.30. The van der Waals surface area contributed by atoms with Crippen molar-refractivity contribution in [2.75, 3.05) is 6.54 Å². The van der Waals surface area contributed by atoms with E-state index in [9.17, 15) is 4.79 Å². The van der Waals surface area contributed by atoms with E-state index in [0.717, 1.165) is 41.5 Å². The Morgan fingerprint density at radius 2 is 1.96 bits per heavy atom. The van der Waals surface area contributed by atoms with Crippen LogP contribution in [-0.2, 0) is 24.3 Å². The van der Waals surface area contributed by atoms with Crippen LogP contribution in [0.3, 0.4) is 0 Å². The lowest BCUT2D eigenvalue weighted by Gasteiger charge is -2.35. The highest BCUT2D eigenvalue weighted by molar-refractivity contribution is 5.86. The van der Waals surface area contributed by atoms with Gasteiger partial charge in [-0.2, -0.15) is 0 Å². The average molecular weight is 359 g/mol. The lowest BCUT2D eigenvalue weighted by molar-refractivity contribution is -0.127. The number of aryl methyl sites for hydroxylation is 1. The summed E-state index contributed by atoms with van der Waals surface area (Å²) in [5.74, 6) is 0.101. The van der Waals surface area contributed by atoms with Crippen molar-refractivity contribution in [1.29, 1.82) is 0 Å². The van der Waals surface area contributed by atoms with Crippen LogP contribution >= 0.6 is 0 Å². The Balaban J connectivity index is 1.52. The molecule has 1 aromatic heterocycles. The first-order valence-corrected chi connectivity index (χ1v) is 9.59. The van der Waals surface area contributed by atoms with Gasteiger partial charge in [-0.3, -0.25) is 14.7 Å². The highest BCUT2D eigenvalue weighted by atomic mass is 16.2. The number of hydrogen-bond acceptors (Lipinski definition) is 3. The maximum Gasteiger partial charge on any atom is 0.237 e. The SMILES string of the molecule is CCN1Cc2ccccc2C[C@@H]1C(=O)NCc1ccc(C)c2ncccc12. The number of carbonyl (C=O) groups is 1. The summed E-state index contributed by atoms with van der Waals surface area (Å²) in [7, 11) is 0. The van der Waals surface area contributed by atoms with E-state index in [-0.39, 0.29) is 11.9 Å². The Hall–Kier alpha value is -2.72. The molecule has 1 N–H and O–H groups in total. The van der Waals surface area contributed by atoms with E-state index in [1.165, 1.54) is 11.1 Å². The summed E-state index contributed by atoms with van der Waals surface area (Å²) >= 11 is 0. The topological polar surface area (TPSA) is 45.2 Å². The lowest BCUT2D eigenvalue weighted by atomic mass is 9.93. The highest BCUT2D eigenvalue weighted by Crippen LogP contribution is 2.24. The molecule has 0 spiro atoms. The molecule has 2 aromatic carbocycles. The number of rotatable bonds is 4. The molecule has 4 heteroatoms. The summed E-state index contributed by atoms with van der Waals surface area (Å²) in [5.41, 5.74) is 5.88. The Kier molecular flexibility index (Phi) is 4.90. The fraction of sp³-hybridized carbons (Fsp3) is 0.304. The third kappa shape index (κ3) is 3.45. The van der Waals surface area contributed by atoms with Crippen LogP contribution in [0.1, 0.15) is 29.2 Å². The van der Waals surface area contributed by atoms with Crippen molar-refractivity contribution in [1.82, 2.24) is 15.2 Å². The summed E-state index contributed by atoms with van der Waals surface area (Å²) in [6, 6.07) is 16.5. The fourth-order valence-electron chi connectivity index (χ4n) is 4.00. The minimum absolute atomic E-state index is 0.101. The molecule has 1 atom stereocenters. The van der Waals surface area contributed by atoms with Crippen molar-refractivity contribution < 1.29 is 4.79 Å². The van der Waals surface area contributed by atoms with Gasteiger partial charge in [-0.15, -0.1) is 0 Å². The van der Waals surface area contributed by atoms with E-state index in [1.807, 2.05) is 12.3 Å². The molecule has 2 heterocycles. The van der Waals surface area contributed by atoms with Gasteiger partial charge in [0, 0.05) is 24.7 Å². The van der Waals surface area contributed by atoms with E-state index >= 15 is 0 Å². The Morgan fingerprint density at radius 1 is 1.15 bits per heavy atom. The molecule has 0 saturated heterocycles. The van der Waals surface area contributed by atoms with Gasteiger partial charge in [0.25, 0.3) is 0 Å². The van der Waals surface area contributed by atoms with Crippen LogP contribution in [0.2, 0.25) is 0 Å². The number of amides is 1. The number of nitrogens with one attached hydrogen (secondary N) is 1. The van der Waals surface area contributed by atoms with E-state index in [0.29, 0.717) is 6.54 Å². The Morgan fingerprint density at radius 3 is 2.78 bits per heavy atom. The molecule has 0 bridgehead atoms. The van der Waals surface area contributed by atoms with Crippen LogP contribution in [0.5, 0.6) is 0 Å². The number of aromatic nitrogens is 1. The number of benzene rings is 2. The van der Waals surface area contributed by atoms with Gasteiger partial charge in [0.2, 0.25) is 5.91 Å². The molecular weight excluding hydrogens is 334 g/mol. The third-order valence-electron chi connectivity index (χ3n) is 5.57. The number of carbonyl (C=O) groups excluding carboxylic acids is 1. The second kappa shape index (κ2) is 7.49. The predicted octanol–water partition coefficient (Wildman–Crippen LogP) is 3.61. The smallest absolute Gasteiger partial charge is 0.237 e. The summed E-state index contributed by atoms with van der Waals surface area (Å²) in [5, 5.41) is 4.28. The standard InChI is InChI=1S/C23H25N3O/c1-3-26-15-19-8-5-4-7-17(19)13-21(26)23(27)25-14-18-11-10-16(2)22-20(18)9-6-12-24-22/h4-12,21H,3,13-15H2,1-2H3,(H,25,27)/t21-/m1/s1. The van der Waals surface area contributed by atoms with E-state index in [4.69, 9.17) is 0 Å². The van der Waals surface area contributed by atoms with E-state index in [2.05, 4.69) is 71.5 Å². The molecule has 0 saturated carbocycles. The van der Waals surface area contributed by atoms with Gasteiger partial charge in [0.05, 0.1) is 11.6 Å². The number of pyridine rings is 1. The average Bonchev–Trinajstić information content (AvgIpc) is 2.72. The maximum atomic E-state index is 13.0. The van der Waals surface area contributed by atoms with Crippen LogP contribution < -0.4 is 5.32 Å². The zero-order valence-electron chi connectivity index (χ0n) is 15.9. The second-order valence-electron chi connectivity index (χ2n) is 7.21. The molecule has 0 radical (unpaired) electrons. The summed E-state index contributed by atoms with van der Waals surface area (Å²) in [6.45, 7) is 6.41. The molecule has 4 nitrogen and oxygen atoms in total. The van der Waals surface area contributed by atoms with Crippen molar-refractivity contribution in [2.24, 2.45) is 0 Å². The number of likely N-dealkylation sites (N-methyl/N-ethyl adjacent to an activating group) is 1. The number of hydrogen-bond donors (Lipinski definition) is 1. The zero-order valence-corrected chi connectivity index (χ0v) is 15.9. The molecular formula is C23H25N3O. The molecule has 1 aliphatic rings. The fourth-order valence-corrected chi connectivity index (χ4v) is 4.00. The van der Waals surface area contributed by atoms with Crippen LogP contribution in [-0.4, -0.2) is 28.4 Å². The summed E-state index contributed by atoms with van der Waals surface area (Å²) in [4.78, 5) is 19.7. The molecule has 0 unspecified atom stereocenters. The first-order chi connectivity index (χ1) is 13.2. The van der Waals surface area contributed by atoms with Crippen molar-refractivity contribution in [3.8, 4) is 0 Å². The molecule has 1 aliphatic heterocycles. The summed E-state index contributed by atoms with van der Waals surface area (Å²) in [6.07, 6.45) is 2.59. The van der Waals surface area contributed by atoms with Gasteiger partial charge < -0.3 is 5.32 Å². The van der Waals surface area contributed by atoms with E-state index in [1.54, 1.807) is 0 Å². The largest absolute Gasteiger partial charge is 0.351 e. The summed E-state index contributed by atoms with van der Waals surface area (Å²) < 4.78 is 0. The lowest BCUT2D eigenvalue weighted by Crippen LogP contribution is -2.49. The first kappa shape index (κ1) is 17.7. The second-order valence-corrected chi connectivity index (χ2v) is 7.21. The van der Waals surface area contributed by atoms with Gasteiger partial charge in [-0.1, -0.05) is 49.4 Å². The molecule has 1 amide bonds. The van der Waals surface area contributed by atoms with Crippen LogP contribution in [0.15, 0.2) is 54.7 Å². The molecule has 0 fully saturated rings. The number of nitrogens with zero attached hydrogens (tertiary/aromatic N) is 2. The third-order valence-corrected chi connectivity index (χ3v) is 5.57. The molecule has 0 aliphatic carbocycles. The maximum absolute atomic E-state index is 13.0. The minimum atomic E-state index is -0.111. The molecule has 4 rings (SSSR count). The predicted molar refractivity (Wildman–Crippen MR) is 108 cm³/mol. The van der Waals surface area contributed by atoms with Crippen molar-refractivity contribution in [3.63, 3.8) is 0 Å². The van der Waals surface area contributed by atoms with Crippen molar-refractivity contribution in [2.45, 2.75) is 39.4 Å². The Bertz CT molecular complexity index is 982. The monoisotopic (exact) mass is 359 g/mol. The molecule has 138 valence electrons. The first-order valence-electron chi connectivity index (χ1n) is 9.59. The Labute approximate surface area is 160 Å². The quantitative estimate of drug-likeness (QED) is 0.774. The van der Waals surface area contributed by atoms with E-state index < -0.39 is 0 Å². The van der Waals surface area contributed by atoms with Gasteiger partial charge in [0.1, 0.15) is 0 Å². The molecule has 27 heavy (non-hydrogen) atoms.